The van der Waals surface area contributed by atoms with Gasteiger partial charge in [-0.1, -0.05) is 76.4 Å². The van der Waals surface area contributed by atoms with Gasteiger partial charge in [0, 0.05) is 0 Å². The molecule has 125 valence electrons. The number of fused-ring (bicyclic) bond motifs is 2. The molecule has 0 saturated carbocycles. The Labute approximate surface area is 145 Å². The van der Waals surface area contributed by atoms with Gasteiger partial charge in [-0.15, -0.1) is 5.47 Å². The number of rotatable bonds is 4. The molecule has 0 aliphatic carbocycles. The van der Waals surface area contributed by atoms with Crippen molar-refractivity contribution in [2.45, 2.75) is 101 Å². The topological polar surface area (TPSA) is 20.2 Å². The van der Waals surface area contributed by atoms with Crippen LogP contribution in [0.3, 0.4) is 0 Å². The van der Waals surface area contributed by atoms with Crippen LogP contribution in [0.2, 0.25) is 35.2 Å². The van der Waals surface area contributed by atoms with Gasteiger partial charge < -0.3 is 5.02 Å². The Morgan fingerprint density at radius 1 is 1.05 bits per heavy atom. The molecular formula is C18H37B2GeO. The van der Waals surface area contributed by atoms with E-state index >= 15 is 0 Å². The second-order valence-electron chi connectivity index (χ2n) is 7.89. The van der Waals surface area contributed by atoms with Crippen LogP contribution >= 0.6 is 0 Å². The maximum absolute atomic E-state index is 10.2. The molecule has 2 fully saturated rings. The fraction of sp³-hybridized carbons (Fsp3) is 0.889. The summed E-state index contributed by atoms with van der Waals surface area (Å²) in [6.07, 6.45) is 10.5. The summed E-state index contributed by atoms with van der Waals surface area (Å²) < 4.78 is 0. The monoisotopic (exact) mass is 365 g/mol. The number of hydrogen-bond donors (Lipinski definition) is 1. The van der Waals surface area contributed by atoms with Crippen LogP contribution in [0, 0.1) is 0 Å². The summed E-state index contributed by atoms with van der Waals surface area (Å²) >= 11 is -0.333. The first kappa shape index (κ1) is 20.4. The molecule has 2 bridgehead atoms. The van der Waals surface area contributed by atoms with Crippen molar-refractivity contribution in [3.63, 3.8) is 0 Å². The van der Waals surface area contributed by atoms with Gasteiger partial charge in [0.05, 0.1) is 0 Å². The molecule has 1 radical (unpaired) electrons. The van der Waals surface area contributed by atoms with Crippen molar-refractivity contribution in [1.82, 2.24) is 0 Å². The average molecular weight is 364 g/mol. The van der Waals surface area contributed by atoms with E-state index in [9.17, 15) is 5.02 Å². The summed E-state index contributed by atoms with van der Waals surface area (Å²) in [6.45, 7) is 7.21. The quantitative estimate of drug-likeness (QED) is 0.629. The Hall–Kier alpha value is 0.373. The summed E-state index contributed by atoms with van der Waals surface area (Å²) in [7, 11) is 0. The van der Waals surface area contributed by atoms with E-state index in [0.29, 0.717) is 0 Å². The summed E-state index contributed by atoms with van der Waals surface area (Å²) in [6, 6.07) is 0. The molecule has 2 saturated heterocycles. The van der Waals surface area contributed by atoms with Gasteiger partial charge in [0.25, 0.3) is 0 Å². The zero-order chi connectivity index (χ0) is 16.7. The maximum atomic E-state index is 10.2. The predicted molar refractivity (Wildman–Crippen MR) is 106 cm³/mol. The minimum atomic E-state index is -0.333. The van der Waals surface area contributed by atoms with Crippen LogP contribution in [0.4, 0.5) is 0 Å². The average Bonchev–Trinajstić information content (AvgIpc) is 2.46. The zero-order valence-corrected chi connectivity index (χ0v) is 18.0. The standard InChI is InChI=1S/C15H28B2O.C3H9Ge/c1-4-15(16(18)5-2)12(3)17-13-8-6-9-14(17)11-7-10-13;1-4(2)3/h13-14,18H,4-11H2,1-3H3;1-3H3/b15-12-;. The molecule has 0 atom stereocenters. The van der Waals surface area contributed by atoms with Crippen molar-refractivity contribution in [1.29, 1.82) is 0 Å². The van der Waals surface area contributed by atoms with Crippen LogP contribution in [0.5, 0.6) is 0 Å². The van der Waals surface area contributed by atoms with Crippen LogP contribution in [0.25, 0.3) is 0 Å². The van der Waals surface area contributed by atoms with E-state index in [0.717, 1.165) is 31.1 Å². The molecule has 1 nitrogen and oxygen atoms in total. The van der Waals surface area contributed by atoms with Gasteiger partial charge in [-0.05, 0) is 12.7 Å². The molecule has 0 aromatic rings. The van der Waals surface area contributed by atoms with E-state index in [1.54, 1.807) is 5.47 Å². The molecule has 0 unspecified atom stereocenters. The van der Waals surface area contributed by atoms with E-state index < -0.39 is 0 Å². The Morgan fingerprint density at radius 2 is 1.45 bits per heavy atom. The third kappa shape index (κ3) is 5.78. The van der Waals surface area contributed by atoms with E-state index in [2.05, 4.69) is 38.0 Å². The third-order valence-corrected chi connectivity index (χ3v) is 5.49. The fourth-order valence-corrected chi connectivity index (χ4v) is 4.62. The summed E-state index contributed by atoms with van der Waals surface area (Å²) in [4.78, 5) is 0. The van der Waals surface area contributed by atoms with Crippen LogP contribution in [-0.2, 0) is 0 Å². The molecule has 2 heterocycles. The van der Waals surface area contributed by atoms with E-state index in [1.165, 1.54) is 44.0 Å². The van der Waals surface area contributed by atoms with E-state index in [4.69, 9.17) is 0 Å². The van der Waals surface area contributed by atoms with Gasteiger partial charge >= 0.3 is 38.5 Å². The molecule has 0 spiro atoms. The molecule has 4 heteroatoms. The fourth-order valence-electron chi connectivity index (χ4n) is 4.62. The predicted octanol–water partition coefficient (Wildman–Crippen LogP) is 5.77. The molecular weight excluding hydrogens is 326 g/mol. The van der Waals surface area contributed by atoms with Gasteiger partial charge in [0.15, 0.2) is 6.71 Å². The van der Waals surface area contributed by atoms with Crippen LogP contribution in [0.1, 0.15) is 65.7 Å². The molecule has 0 aromatic carbocycles. The van der Waals surface area contributed by atoms with Crippen molar-refractivity contribution in [3.05, 3.63) is 10.9 Å². The van der Waals surface area contributed by atoms with Crippen LogP contribution < -0.4 is 0 Å². The van der Waals surface area contributed by atoms with E-state index in [-0.39, 0.29) is 21.3 Å². The van der Waals surface area contributed by atoms with Gasteiger partial charge in [-0.3, -0.25) is 0 Å². The zero-order valence-electron chi connectivity index (χ0n) is 15.9. The van der Waals surface area contributed by atoms with Gasteiger partial charge in [-0.2, -0.15) is 0 Å². The van der Waals surface area contributed by atoms with E-state index in [1.807, 2.05) is 0 Å². The molecule has 2 aliphatic heterocycles. The summed E-state index contributed by atoms with van der Waals surface area (Å²) in [5.74, 6) is 8.84. The first-order valence-electron chi connectivity index (χ1n) is 9.56. The van der Waals surface area contributed by atoms with Gasteiger partial charge in [0.2, 0.25) is 0 Å². The first-order chi connectivity index (χ1) is 10.4. The molecule has 2 rings (SSSR count). The van der Waals surface area contributed by atoms with Crippen molar-refractivity contribution < 1.29 is 5.02 Å². The first-order valence-corrected chi connectivity index (χ1v) is 15.9. The van der Waals surface area contributed by atoms with Gasteiger partial charge in [-0.25, -0.2) is 0 Å². The molecule has 0 amide bonds. The summed E-state index contributed by atoms with van der Waals surface area (Å²) in [5.41, 5.74) is 2.91. The Bertz CT molecular complexity index is 332. The van der Waals surface area contributed by atoms with Crippen molar-refractivity contribution in [3.8, 4) is 0 Å². The van der Waals surface area contributed by atoms with Crippen molar-refractivity contribution in [2.75, 3.05) is 0 Å². The Kier molecular flexibility index (Phi) is 9.54. The molecule has 1 N–H and O–H groups in total. The molecule has 22 heavy (non-hydrogen) atoms. The van der Waals surface area contributed by atoms with Gasteiger partial charge in [0.1, 0.15) is 0 Å². The molecule has 2 aliphatic rings. The Morgan fingerprint density at radius 3 is 1.77 bits per heavy atom. The second kappa shape index (κ2) is 10.3. The SMILES string of the molecule is CCB(O)/C(CC)=C(/C)B1C2CCCC1CCC2.[CH3][Ge]([CH3])[CH3]. The Balaban J connectivity index is 0.000000541. The van der Waals surface area contributed by atoms with Crippen molar-refractivity contribution >= 4 is 28.0 Å². The number of hydrogen-bond acceptors (Lipinski definition) is 1. The van der Waals surface area contributed by atoms with Crippen molar-refractivity contribution in [2.24, 2.45) is 0 Å². The second-order valence-corrected chi connectivity index (χ2v) is 14.2. The third-order valence-electron chi connectivity index (χ3n) is 5.49. The van der Waals surface area contributed by atoms with Crippen LogP contribution in [0.15, 0.2) is 10.9 Å². The summed E-state index contributed by atoms with van der Waals surface area (Å²) in [5, 5.41) is 10.2. The van der Waals surface area contributed by atoms with Crippen LogP contribution in [-0.4, -0.2) is 33.0 Å². The normalized spacial score (nSPS) is 25.4. The number of allylic oxidation sites excluding steroid dienone is 2. The molecule has 0 aromatic heterocycles. The minimum absolute atomic E-state index is 0.197.